The summed E-state index contributed by atoms with van der Waals surface area (Å²) in [5.41, 5.74) is 7.47. The number of hydrogen-bond donors (Lipinski definition) is 2. The van der Waals surface area contributed by atoms with Gasteiger partial charge in [0.15, 0.2) is 0 Å². The third-order valence-corrected chi connectivity index (χ3v) is 4.92. The van der Waals surface area contributed by atoms with Crippen molar-refractivity contribution in [1.82, 2.24) is 5.32 Å². The van der Waals surface area contributed by atoms with E-state index in [1.165, 1.54) is 53.6 Å². The lowest BCUT2D eigenvalue weighted by atomic mass is 9.99. The van der Waals surface area contributed by atoms with Crippen LogP contribution >= 0.6 is 0 Å². The molecule has 144 valence electrons. The van der Waals surface area contributed by atoms with Crippen LogP contribution in [0.25, 0.3) is 17.2 Å². The SMILES string of the molecule is C=C(CCCCCCNc1ccc(-c2ccc(/C=C\C)c(C)c2)cc1)NC. The Labute approximate surface area is 165 Å². The summed E-state index contributed by atoms with van der Waals surface area (Å²) < 4.78 is 0. The van der Waals surface area contributed by atoms with Gasteiger partial charge >= 0.3 is 0 Å². The number of hydrogen-bond acceptors (Lipinski definition) is 2. The molecule has 0 atom stereocenters. The summed E-state index contributed by atoms with van der Waals surface area (Å²) in [7, 11) is 1.94. The van der Waals surface area contributed by atoms with Crippen LogP contribution in [0.2, 0.25) is 0 Å². The fraction of sp³-hybridized carbons (Fsp3) is 0.360. The monoisotopic (exact) mass is 362 g/mol. The Morgan fingerprint density at radius 3 is 2.33 bits per heavy atom. The van der Waals surface area contributed by atoms with E-state index in [1.54, 1.807) is 0 Å². The predicted octanol–water partition coefficient (Wildman–Crippen LogP) is 6.79. The summed E-state index contributed by atoms with van der Waals surface area (Å²) in [6.07, 6.45) is 10.3. The van der Waals surface area contributed by atoms with Crippen LogP contribution in [0.5, 0.6) is 0 Å². The van der Waals surface area contributed by atoms with E-state index >= 15 is 0 Å². The van der Waals surface area contributed by atoms with E-state index in [4.69, 9.17) is 0 Å². The smallest absolute Gasteiger partial charge is 0.0340 e. The molecule has 2 nitrogen and oxygen atoms in total. The Morgan fingerprint density at radius 1 is 0.963 bits per heavy atom. The molecule has 0 heterocycles. The first-order valence-corrected chi connectivity index (χ1v) is 10.1. The zero-order chi connectivity index (χ0) is 19.5. The van der Waals surface area contributed by atoms with Crippen LogP contribution in [0.3, 0.4) is 0 Å². The summed E-state index contributed by atoms with van der Waals surface area (Å²) >= 11 is 0. The highest BCUT2D eigenvalue weighted by Crippen LogP contribution is 2.24. The van der Waals surface area contributed by atoms with Crippen molar-refractivity contribution in [3.63, 3.8) is 0 Å². The molecule has 0 bridgehead atoms. The summed E-state index contributed by atoms with van der Waals surface area (Å²) in [5.74, 6) is 0. The molecule has 2 aromatic rings. The normalized spacial score (nSPS) is 10.9. The number of benzene rings is 2. The number of anilines is 1. The topological polar surface area (TPSA) is 24.1 Å². The molecular weight excluding hydrogens is 328 g/mol. The average Bonchev–Trinajstić information content (AvgIpc) is 2.69. The lowest BCUT2D eigenvalue weighted by Gasteiger charge is -2.09. The van der Waals surface area contributed by atoms with Gasteiger partial charge in [-0.15, -0.1) is 0 Å². The van der Waals surface area contributed by atoms with E-state index in [-0.39, 0.29) is 0 Å². The average molecular weight is 363 g/mol. The highest BCUT2D eigenvalue weighted by molar-refractivity contribution is 5.69. The van der Waals surface area contributed by atoms with Gasteiger partial charge in [0.2, 0.25) is 0 Å². The number of nitrogens with one attached hydrogen (secondary N) is 2. The molecule has 0 aromatic heterocycles. The largest absolute Gasteiger partial charge is 0.392 e. The fourth-order valence-electron chi connectivity index (χ4n) is 3.18. The quantitative estimate of drug-likeness (QED) is 0.430. The van der Waals surface area contributed by atoms with Crippen molar-refractivity contribution in [2.75, 3.05) is 18.9 Å². The van der Waals surface area contributed by atoms with Crippen LogP contribution in [0.4, 0.5) is 5.69 Å². The molecular formula is C25H34N2. The maximum absolute atomic E-state index is 3.97. The number of rotatable bonds is 11. The third kappa shape index (κ3) is 6.97. The van der Waals surface area contributed by atoms with Crippen molar-refractivity contribution >= 4 is 11.8 Å². The van der Waals surface area contributed by atoms with E-state index in [1.807, 2.05) is 7.05 Å². The van der Waals surface area contributed by atoms with Crippen LogP contribution in [-0.4, -0.2) is 13.6 Å². The summed E-state index contributed by atoms with van der Waals surface area (Å²) in [6, 6.07) is 15.4. The van der Waals surface area contributed by atoms with Gasteiger partial charge in [0.1, 0.15) is 0 Å². The Balaban J connectivity index is 1.77. The van der Waals surface area contributed by atoms with Gasteiger partial charge in [-0.25, -0.2) is 0 Å². The summed E-state index contributed by atoms with van der Waals surface area (Å²) in [4.78, 5) is 0. The molecule has 27 heavy (non-hydrogen) atoms. The second kappa shape index (κ2) is 11.3. The first kappa shape index (κ1) is 20.8. The van der Waals surface area contributed by atoms with Gasteiger partial charge in [-0.05, 0) is 67.5 Å². The molecule has 0 amide bonds. The zero-order valence-electron chi connectivity index (χ0n) is 17.1. The number of aryl methyl sites for hydroxylation is 1. The third-order valence-electron chi connectivity index (χ3n) is 4.92. The maximum Gasteiger partial charge on any atom is 0.0340 e. The van der Waals surface area contributed by atoms with Gasteiger partial charge in [-0.1, -0.05) is 61.9 Å². The molecule has 2 rings (SSSR count). The zero-order valence-corrected chi connectivity index (χ0v) is 17.1. The van der Waals surface area contributed by atoms with Gasteiger partial charge < -0.3 is 10.6 Å². The summed E-state index contributed by atoms with van der Waals surface area (Å²) in [6.45, 7) is 9.22. The molecule has 0 unspecified atom stereocenters. The lowest BCUT2D eigenvalue weighted by Crippen LogP contribution is -2.04. The second-order valence-electron chi connectivity index (χ2n) is 7.09. The van der Waals surface area contributed by atoms with Crippen molar-refractivity contribution in [2.45, 2.75) is 46.0 Å². The highest BCUT2D eigenvalue weighted by Gasteiger charge is 2.01. The molecule has 2 aromatic carbocycles. The first-order chi connectivity index (χ1) is 13.1. The van der Waals surface area contributed by atoms with Crippen LogP contribution in [0.15, 0.2) is 60.8 Å². The lowest BCUT2D eigenvalue weighted by molar-refractivity contribution is 0.641. The Morgan fingerprint density at radius 2 is 1.67 bits per heavy atom. The van der Waals surface area contributed by atoms with Crippen molar-refractivity contribution in [3.8, 4) is 11.1 Å². The highest BCUT2D eigenvalue weighted by atomic mass is 14.9. The van der Waals surface area contributed by atoms with Gasteiger partial charge in [0, 0.05) is 25.0 Å². The molecule has 0 saturated heterocycles. The molecule has 2 heteroatoms. The van der Waals surface area contributed by atoms with Gasteiger partial charge in [-0.3, -0.25) is 0 Å². The standard InChI is InChI=1S/C25H34N2/c1-5-10-22-12-13-24(19-20(22)2)23-14-16-25(17-15-23)27-18-9-7-6-8-11-21(3)26-4/h5,10,12-17,19,26-27H,3,6-9,11,18H2,1-2,4H3/b10-5-. The van der Waals surface area contributed by atoms with Crippen LogP contribution in [0.1, 0.15) is 50.2 Å². The minimum absolute atomic E-state index is 1.03. The van der Waals surface area contributed by atoms with Crippen LogP contribution in [-0.2, 0) is 0 Å². The number of unbranched alkanes of at least 4 members (excludes halogenated alkanes) is 3. The van der Waals surface area contributed by atoms with Crippen molar-refractivity contribution in [2.24, 2.45) is 0 Å². The Bertz CT molecular complexity index is 741. The molecule has 0 aliphatic carbocycles. The molecule has 0 aliphatic rings. The fourth-order valence-corrected chi connectivity index (χ4v) is 3.18. The van der Waals surface area contributed by atoms with Crippen molar-refractivity contribution in [3.05, 3.63) is 71.9 Å². The number of allylic oxidation sites excluding steroid dienone is 2. The molecule has 0 fully saturated rings. The van der Waals surface area contributed by atoms with Crippen molar-refractivity contribution < 1.29 is 0 Å². The van der Waals surface area contributed by atoms with E-state index in [2.05, 4.69) is 85.7 Å². The van der Waals surface area contributed by atoms with E-state index in [9.17, 15) is 0 Å². The molecule has 0 radical (unpaired) electrons. The minimum atomic E-state index is 1.03. The Kier molecular flexibility index (Phi) is 8.70. The molecule has 0 spiro atoms. The van der Waals surface area contributed by atoms with Crippen LogP contribution in [0, 0.1) is 6.92 Å². The van der Waals surface area contributed by atoms with Gasteiger partial charge in [0.25, 0.3) is 0 Å². The van der Waals surface area contributed by atoms with E-state index in [0.29, 0.717) is 0 Å². The van der Waals surface area contributed by atoms with Crippen LogP contribution < -0.4 is 10.6 Å². The van der Waals surface area contributed by atoms with E-state index < -0.39 is 0 Å². The van der Waals surface area contributed by atoms with Crippen molar-refractivity contribution in [1.29, 1.82) is 0 Å². The Hall–Kier alpha value is -2.48. The summed E-state index contributed by atoms with van der Waals surface area (Å²) in [5, 5.41) is 6.64. The van der Waals surface area contributed by atoms with Gasteiger partial charge in [0.05, 0.1) is 0 Å². The maximum atomic E-state index is 3.97. The molecule has 2 N–H and O–H groups in total. The predicted molar refractivity (Wildman–Crippen MR) is 121 cm³/mol. The van der Waals surface area contributed by atoms with E-state index in [0.717, 1.165) is 18.7 Å². The molecule has 0 saturated carbocycles. The minimum Gasteiger partial charge on any atom is -0.392 e. The van der Waals surface area contributed by atoms with Gasteiger partial charge in [-0.2, -0.15) is 0 Å². The second-order valence-corrected chi connectivity index (χ2v) is 7.09. The molecule has 0 aliphatic heterocycles. The first-order valence-electron chi connectivity index (χ1n) is 10.1.